The van der Waals surface area contributed by atoms with Gasteiger partial charge in [-0.1, -0.05) is 6.07 Å². The van der Waals surface area contributed by atoms with Gasteiger partial charge in [0.1, 0.15) is 5.82 Å². The lowest BCUT2D eigenvalue weighted by Crippen LogP contribution is -2.50. The van der Waals surface area contributed by atoms with Gasteiger partial charge in [0.2, 0.25) is 10.6 Å². The number of fused-ring (bicyclic) bond motifs is 1. The normalized spacial score (nSPS) is 14.1. The summed E-state index contributed by atoms with van der Waals surface area (Å²) < 4.78 is 32.0. The van der Waals surface area contributed by atoms with Crippen LogP contribution in [0.2, 0.25) is 0 Å². The molecule has 10 heteroatoms. The molecule has 2 unspecified atom stereocenters. The van der Waals surface area contributed by atoms with Crippen molar-refractivity contribution in [2.45, 2.75) is 31.6 Å². The molecule has 0 aliphatic rings. The third-order valence-corrected chi connectivity index (χ3v) is 7.10. The summed E-state index contributed by atoms with van der Waals surface area (Å²) in [6, 6.07) is 8.35. The summed E-state index contributed by atoms with van der Waals surface area (Å²) in [5, 5.41) is 9.28. The molecule has 0 radical (unpaired) electrons. The maximum atomic E-state index is 14.9. The number of carbonyl (C=O) groups is 1. The summed E-state index contributed by atoms with van der Waals surface area (Å²) in [5.74, 6) is -0.950. The second-order valence-corrected chi connectivity index (χ2v) is 9.24. The molecule has 0 aliphatic carbocycles. The standard InChI is InChI=1S/C22H24FN3O5S/c1-4-31-19-8-6-15(12-24-19)14-5-7-16-17(11-14)18(23)13-26(20(16)27)10-9-22(2,32(3)30)21(28)25-29/h5-8,11-13,29H,4,9-10H2,1-3H3,(H,25,28). The molecule has 2 heterocycles. The lowest BCUT2D eigenvalue weighted by molar-refractivity contribution is -0.131. The molecule has 3 rings (SSSR count). The van der Waals surface area contributed by atoms with Crippen molar-refractivity contribution in [2.75, 3.05) is 12.9 Å². The number of halogens is 1. The molecule has 2 N–H and O–H groups in total. The maximum absolute atomic E-state index is 14.9. The Bertz CT molecular complexity index is 1180. The molecule has 32 heavy (non-hydrogen) atoms. The zero-order valence-corrected chi connectivity index (χ0v) is 18.7. The van der Waals surface area contributed by atoms with E-state index in [1.807, 2.05) is 6.92 Å². The second-order valence-electron chi connectivity index (χ2n) is 7.43. The number of aryl methyl sites for hydroxylation is 1. The molecule has 2 aromatic heterocycles. The Hall–Kier alpha value is -2.95. The largest absolute Gasteiger partial charge is 0.616 e. The molecule has 8 nitrogen and oxygen atoms in total. The van der Waals surface area contributed by atoms with Gasteiger partial charge in [0.05, 0.1) is 18.2 Å². The molecule has 0 fully saturated rings. The van der Waals surface area contributed by atoms with Crippen LogP contribution in [0.1, 0.15) is 20.3 Å². The van der Waals surface area contributed by atoms with Crippen LogP contribution in [0.3, 0.4) is 0 Å². The third-order valence-electron chi connectivity index (χ3n) is 5.45. The smallest absolute Gasteiger partial charge is 0.299 e. The van der Waals surface area contributed by atoms with Gasteiger partial charge >= 0.3 is 0 Å². The first-order valence-electron chi connectivity index (χ1n) is 9.91. The van der Waals surface area contributed by atoms with Gasteiger partial charge in [-0.05, 0) is 48.8 Å². The fraction of sp³-hybridized carbons (Fsp3) is 0.318. The Balaban J connectivity index is 1.94. The third kappa shape index (κ3) is 4.62. The van der Waals surface area contributed by atoms with E-state index in [9.17, 15) is 18.5 Å². The first-order chi connectivity index (χ1) is 15.2. The predicted octanol–water partition coefficient (Wildman–Crippen LogP) is 2.63. The number of nitrogens with one attached hydrogen (secondary N) is 1. The minimum Gasteiger partial charge on any atom is -0.616 e. The summed E-state index contributed by atoms with van der Waals surface area (Å²) in [7, 11) is 0. The minimum atomic E-state index is -1.64. The van der Waals surface area contributed by atoms with E-state index in [-0.39, 0.29) is 23.7 Å². The van der Waals surface area contributed by atoms with E-state index in [0.717, 1.165) is 16.3 Å². The van der Waals surface area contributed by atoms with Gasteiger partial charge in [-0.3, -0.25) is 14.8 Å². The highest BCUT2D eigenvalue weighted by Gasteiger charge is 2.42. The molecule has 0 spiro atoms. The van der Waals surface area contributed by atoms with E-state index in [4.69, 9.17) is 9.94 Å². The Morgan fingerprint density at radius 2 is 2.03 bits per heavy atom. The fourth-order valence-electron chi connectivity index (χ4n) is 3.32. The van der Waals surface area contributed by atoms with Gasteiger partial charge in [0, 0.05) is 42.4 Å². The quantitative estimate of drug-likeness (QED) is 0.303. The number of carbonyl (C=O) groups excluding carboxylic acids is 1. The molecule has 1 amide bonds. The van der Waals surface area contributed by atoms with Gasteiger partial charge in [0.15, 0.2) is 0 Å². The van der Waals surface area contributed by atoms with Crippen molar-refractivity contribution < 1.29 is 23.7 Å². The van der Waals surface area contributed by atoms with E-state index in [2.05, 4.69) is 4.98 Å². The predicted molar refractivity (Wildman–Crippen MR) is 120 cm³/mol. The minimum absolute atomic E-state index is 0.0384. The van der Waals surface area contributed by atoms with Crippen LogP contribution in [-0.4, -0.2) is 42.8 Å². The number of aromatic nitrogens is 2. The van der Waals surface area contributed by atoms with E-state index in [1.54, 1.807) is 36.5 Å². The number of nitrogens with zero attached hydrogens (tertiary/aromatic N) is 2. The molecule has 0 bridgehead atoms. The number of hydrogen-bond donors (Lipinski definition) is 2. The Morgan fingerprint density at radius 3 is 2.62 bits per heavy atom. The van der Waals surface area contributed by atoms with Crippen molar-refractivity contribution >= 4 is 27.9 Å². The van der Waals surface area contributed by atoms with Crippen molar-refractivity contribution in [1.29, 1.82) is 0 Å². The Labute approximate surface area is 187 Å². The number of rotatable bonds is 8. The molecule has 0 saturated heterocycles. The van der Waals surface area contributed by atoms with Crippen LogP contribution >= 0.6 is 0 Å². The van der Waals surface area contributed by atoms with Crippen LogP contribution in [0.5, 0.6) is 5.88 Å². The molecule has 0 aliphatic heterocycles. The Morgan fingerprint density at radius 1 is 1.31 bits per heavy atom. The lowest BCUT2D eigenvalue weighted by atomic mass is 10.0. The SMILES string of the molecule is CCOc1ccc(-c2ccc3c(=O)n(CCC(C)(C(=O)NO)[S+](C)[O-])cc(F)c3c2)cn1. The zero-order chi connectivity index (χ0) is 23.5. The van der Waals surface area contributed by atoms with Crippen LogP contribution in [0.4, 0.5) is 4.39 Å². The van der Waals surface area contributed by atoms with Gasteiger partial charge in [-0.25, -0.2) is 14.9 Å². The van der Waals surface area contributed by atoms with Gasteiger partial charge in [0.25, 0.3) is 11.5 Å². The number of pyridine rings is 2. The lowest BCUT2D eigenvalue weighted by Gasteiger charge is -2.27. The van der Waals surface area contributed by atoms with Crippen molar-refractivity contribution in [2.24, 2.45) is 0 Å². The highest BCUT2D eigenvalue weighted by molar-refractivity contribution is 7.92. The van der Waals surface area contributed by atoms with Gasteiger partial charge in [-0.2, -0.15) is 0 Å². The van der Waals surface area contributed by atoms with Crippen molar-refractivity contribution in [3.05, 3.63) is 58.9 Å². The number of hydrogen-bond acceptors (Lipinski definition) is 6. The summed E-state index contributed by atoms with van der Waals surface area (Å²) >= 11 is -1.64. The molecule has 2 atom stereocenters. The van der Waals surface area contributed by atoms with Crippen molar-refractivity contribution in [3.8, 4) is 17.0 Å². The molecule has 170 valence electrons. The Kier molecular flexibility index (Phi) is 7.17. The highest BCUT2D eigenvalue weighted by Crippen LogP contribution is 2.26. The maximum Gasteiger partial charge on any atom is 0.299 e. The van der Waals surface area contributed by atoms with E-state index >= 15 is 0 Å². The zero-order valence-electron chi connectivity index (χ0n) is 17.9. The molecule has 1 aromatic carbocycles. The molecular weight excluding hydrogens is 437 g/mol. The first kappa shape index (κ1) is 23.7. The summed E-state index contributed by atoms with van der Waals surface area (Å²) in [6.07, 6.45) is 3.98. The molecule has 3 aromatic rings. The number of hydroxylamine groups is 1. The highest BCUT2D eigenvalue weighted by atomic mass is 32.2. The van der Waals surface area contributed by atoms with E-state index < -0.39 is 33.2 Å². The topological polar surface area (TPSA) is 117 Å². The average molecular weight is 462 g/mol. The van der Waals surface area contributed by atoms with Crippen molar-refractivity contribution in [3.63, 3.8) is 0 Å². The first-order valence-corrected chi connectivity index (χ1v) is 11.5. The van der Waals surface area contributed by atoms with Crippen LogP contribution in [0, 0.1) is 5.82 Å². The second kappa shape index (κ2) is 9.68. The monoisotopic (exact) mass is 461 g/mol. The number of ether oxygens (including phenoxy) is 1. The van der Waals surface area contributed by atoms with Crippen LogP contribution in [0.15, 0.2) is 47.5 Å². The van der Waals surface area contributed by atoms with Gasteiger partial charge < -0.3 is 13.9 Å². The molecule has 0 saturated carbocycles. The van der Waals surface area contributed by atoms with Crippen LogP contribution in [0.25, 0.3) is 21.9 Å². The van der Waals surface area contributed by atoms with Crippen LogP contribution < -0.4 is 15.8 Å². The summed E-state index contributed by atoms with van der Waals surface area (Å²) in [4.78, 5) is 29.1. The van der Waals surface area contributed by atoms with E-state index in [0.29, 0.717) is 18.1 Å². The van der Waals surface area contributed by atoms with Crippen LogP contribution in [-0.2, 0) is 22.5 Å². The number of benzene rings is 1. The number of amides is 1. The van der Waals surface area contributed by atoms with Crippen molar-refractivity contribution in [1.82, 2.24) is 15.0 Å². The average Bonchev–Trinajstić information content (AvgIpc) is 2.80. The fourth-order valence-corrected chi connectivity index (χ4v) is 4.00. The summed E-state index contributed by atoms with van der Waals surface area (Å²) in [5.41, 5.74) is 2.50. The molecular formula is C22H24FN3O5S. The van der Waals surface area contributed by atoms with Gasteiger partial charge in [-0.15, -0.1) is 0 Å². The van der Waals surface area contributed by atoms with E-state index in [1.165, 1.54) is 18.7 Å². The summed E-state index contributed by atoms with van der Waals surface area (Å²) in [6.45, 7) is 3.71.